The van der Waals surface area contributed by atoms with Crippen molar-refractivity contribution in [1.82, 2.24) is 10.2 Å². The molecule has 19 heavy (non-hydrogen) atoms. The second-order valence-electron chi connectivity index (χ2n) is 7.32. The van der Waals surface area contributed by atoms with Crippen molar-refractivity contribution in [2.75, 3.05) is 20.1 Å². The van der Waals surface area contributed by atoms with Crippen molar-refractivity contribution in [2.24, 2.45) is 11.8 Å². The lowest BCUT2D eigenvalue weighted by molar-refractivity contribution is 0.0603. The van der Waals surface area contributed by atoms with E-state index in [1.165, 1.54) is 58.0 Å². The summed E-state index contributed by atoms with van der Waals surface area (Å²) in [4.78, 5) is 2.73. The van der Waals surface area contributed by atoms with Crippen LogP contribution < -0.4 is 5.32 Å². The van der Waals surface area contributed by atoms with Crippen LogP contribution in [-0.4, -0.2) is 36.6 Å². The maximum absolute atomic E-state index is 3.69. The van der Waals surface area contributed by atoms with Gasteiger partial charge in [-0.05, 0) is 71.5 Å². The first-order valence-corrected chi connectivity index (χ1v) is 8.52. The first-order chi connectivity index (χ1) is 9.09. The van der Waals surface area contributed by atoms with Gasteiger partial charge < -0.3 is 5.32 Å². The molecule has 1 aliphatic carbocycles. The van der Waals surface area contributed by atoms with Crippen molar-refractivity contribution in [3.8, 4) is 0 Å². The minimum absolute atomic E-state index is 0.311. The zero-order valence-electron chi connectivity index (χ0n) is 13.5. The second kappa shape index (κ2) is 6.58. The van der Waals surface area contributed by atoms with E-state index in [0.29, 0.717) is 11.6 Å². The van der Waals surface area contributed by atoms with Crippen LogP contribution in [0, 0.1) is 11.8 Å². The normalized spacial score (nSPS) is 31.6. The van der Waals surface area contributed by atoms with Gasteiger partial charge in [-0.1, -0.05) is 26.2 Å². The molecule has 1 aliphatic heterocycles. The second-order valence-corrected chi connectivity index (χ2v) is 7.32. The molecule has 1 saturated carbocycles. The summed E-state index contributed by atoms with van der Waals surface area (Å²) in [5.74, 6) is 1.85. The van der Waals surface area contributed by atoms with Crippen LogP contribution >= 0.6 is 0 Å². The van der Waals surface area contributed by atoms with Crippen molar-refractivity contribution in [3.63, 3.8) is 0 Å². The highest BCUT2D eigenvalue weighted by molar-refractivity contribution is 4.99. The van der Waals surface area contributed by atoms with Gasteiger partial charge in [0, 0.05) is 11.6 Å². The molecular weight excluding hydrogens is 232 g/mol. The van der Waals surface area contributed by atoms with Gasteiger partial charge in [-0.15, -0.1) is 0 Å². The summed E-state index contributed by atoms with van der Waals surface area (Å²) in [6.45, 7) is 9.90. The van der Waals surface area contributed by atoms with Crippen LogP contribution in [0.4, 0.5) is 0 Å². The molecular formula is C17H34N2. The van der Waals surface area contributed by atoms with Gasteiger partial charge >= 0.3 is 0 Å². The average Bonchev–Trinajstić information content (AvgIpc) is 2.94. The third kappa shape index (κ3) is 3.33. The van der Waals surface area contributed by atoms with E-state index in [1.807, 2.05) is 0 Å². The van der Waals surface area contributed by atoms with E-state index in [-0.39, 0.29) is 0 Å². The number of nitrogens with one attached hydrogen (secondary N) is 1. The summed E-state index contributed by atoms with van der Waals surface area (Å²) in [6.07, 6.45) is 9.94. The maximum atomic E-state index is 3.69. The minimum atomic E-state index is 0.311. The summed E-state index contributed by atoms with van der Waals surface area (Å²) >= 11 is 0. The molecule has 1 heterocycles. The lowest BCUT2D eigenvalue weighted by Crippen LogP contribution is -2.59. The Morgan fingerprint density at radius 2 is 1.84 bits per heavy atom. The summed E-state index contributed by atoms with van der Waals surface area (Å²) in [5.41, 5.74) is 0.311. The Morgan fingerprint density at radius 3 is 2.42 bits per heavy atom. The van der Waals surface area contributed by atoms with E-state index in [0.717, 1.165) is 11.8 Å². The van der Waals surface area contributed by atoms with Gasteiger partial charge in [0.1, 0.15) is 0 Å². The van der Waals surface area contributed by atoms with Gasteiger partial charge in [0.25, 0.3) is 0 Å². The summed E-state index contributed by atoms with van der Waals surface area (Å²) in [5, 5.41) is 3.69. The first-order valence-electron chi connectivity index (χ1n) is 8.52. The SMILES string of the molecule is CCC1CCCC(C(NC)C(C)(C)N2CCCC2)C1. The molecule has 2 fully saturated rings. The smallest absolute Gasteiger partial charge is 0.0308 e. The Labute approximate surface area is 120 Å². The van der Waals surface area contributed by atoms with Crippen molar-refractivity contribution >= 4 is 0 Å². The number of hydrogen-bond acceptors (Lipinski definition) is 2. The van der Waals surface area contributed by atoms with Crippen LogP contribution in [0.5, 0.6) is 0 Å². The third-order valence-electron chi connectivity index (χ3n) is 5.87. The highest BCUT2D eigenvalue weighted by Gasteiger charge is 2.41. The van der Waals surface area contributed by atoms with Gasteiger partial charge in [0.05, 0.1) is 0 Å². The highest BCUT2D eigenvalue weighted by Crippen LogP contribution is 2.38. The molecule has 3 unspecified atom stereocenters. The molecule has 0 spiro atoms. The fraction of sp³-hybridized carbons (Fsp3) is 1.00. The predicted molar refractivity (Wildman–Crippen MR) is 83.5 cm³/mol. The van der Waals surface area contributed by atoms with Gasteiger partial charge in [0.15, 0.2) is 0 Å². The summed E-state index contributed by atoms with van der Waals surface area (Å²) < 4.78 is 0. The fourth-order valence-corrected chi connectivity index (χ4v) is 4.66. The van der Waals surface area contributed by atoms with Gasteiger partial charge in [-0.2, -0.15) is 0 Å². The molecule has 1 N–H and O–H groups in total. The molecule has 0 radical (unpaired) electrons. The molecule has 2 rings (SSSR count). The van der Waals surface area contributed by atoms with E-state index in [4.69, 9.17) is 0 Å². The molecule has 1 saturated heterocycles. The van der Waals surface area contributed by atoms with Crippen LogP contribution in [0.2, 0.25) is 0 Å². The zero-order chi connectivity index (χ0) is 13.9. The van der Waals surface area contributed by atoms with E-state index < -0.39 is 0 Å². The molecule has 0 aromatic heterocycles. The van der Waals surface area contributed by atoms with Crippen LogP contribution in [0.15, 0.2) is 0 Å². The lowest BCUT2D eigenvalue weighted by atomic mass is 9.71. The van der Waals surface area contributed by atoms with E-state index in [1.54, 1.807) is 0 Å². The Kier molecular flexibility index (Phi) is 5.30. The molecule has 2 aliphatic rings. The number of rotatable bonds is 5. The molecule has 0 amide bonds. The zero-order valence-corrected chi connectivity index (χ0v) is 13.5. The lowest BCUT2D eigenvalue weighted by Gasteiger charge is -2.47. The van der Waals surface area contributed by atoms with Crippen LogP contribution in [0.1, 0.15) is 65.7 Å². The van der Waals surface area contributed by atoms with Crippen molar-refractivity contribution < 1.29 is 0 Å². The van der Waals surface area contributed by atoms with Crippen LogP contribution in [0.3, 0.4) is 0 Å². The Balaban J connectivity index is 2.05. The monoisotopic (exact) mass is 266 g/mol. The van der Waals surface area contributed by atoms with Crippen LogP contribution in [0.25, 0.3) is 0 Å². The van der Waals surface area contributed by atoms with E-state index in [2.05, 4.69) is 38.0 Å². The highest BCUT2D eigenvalue weighted by atomic mass is 15.2. The molecule has 3 atom stereocenters. The standard InChI is InChI=1S/C17H34N2/c1-5-14-9-8-10-15(13-14)16(18-4)17(2,3)19-11-6-7-12-19/h14-16,18H,5-13H2,1-4H3. The molecule has 112 valence electrons. The average molecular weight is 266 g/mol. The molecule has 0 aromatic carbocycles. The first kappa shape index (κ1) is 15.3. The minimum Gasteiger partial charge on any atom is -0.315 e. The quantitative estimate of drug-likeness (QED) is 0.817. The Hall–Kier alpha value is -0.0800. The number of likely N-dealkylation sites (N-methyl/N-ethyl adjacent to an activating group) is 1. The van der Waals surface area contributed by atoms with Gasteiger partial charge in [-0.25, -0.2) is 0 Å². The Bertz CT molecular complexity index is 268. The molecule has 0 bridgehead atoms. The van der Waals surface area contributed by atoms with Crippen molar-refractivity contribution in [1.29, 1.82) is 0 Å². The van der Waals surface area contributed by atoms with Crippen molar-refractivity contribution in [2.45, 2.75) is 77.3 Å². The van der Waals surface area contributed by atoms with Gasteiger partial charge in [0.2, 0.25) is 0 Å². The van der Waals surface area contributed by atoms with E-state index in [9.17, 15) is 0 Å². The molecule has 2 heteroatoms. The molecule has 2 nitrogen and oxygen atoms in total. The summed E-state index contributed by atoms with van der Waals surface area (Å²) in [7, 11) is 2.18. The van der Waals surface area contributed by atoms with Crippen molar-refractivity contribution in [3.05, 3.63) is 0 Å². The van der Waals surface area contributed by atoms with Gasteiger partial charge in [-0.3, -0.25) is 4.90 Å². The number of likely N-dealkylation sites (tertiary alicyclic amines) is 1. The topological polar surface area (TPSA) is 15.3 Å². The molecule has 0 aromatic rings. The number of nitrogens with zero attached hydrogens (tertiary/aromatic N) is 1. The fourth-order valence-electron chi connectivity index (χ4n) is 4.66. The number of hydrogen-bond donors (Lipinski definition) is 1. The largest absolute Gasteiger partial charge is 0.315 e. The van der Waals surface area contributed by atoms with E-state index >= 15 is 0 Å². The maximum Gasteiger partial charge on any atom is 0.0308 e. The predicted octanol–water partition coefficient (Wildman–Crippen LogP) is 3.67. The Morgan fingerprint density at radius 1 is 1.16 bits per heavy atom. The summed E-state index contributed by atoms with van der Waals surface area (Å²) in [6, 6.07) is 0.653. The third-order valence-corrected chi connectivity index (χ3v) is 5.87. The van der Waals surface area contributed by atoms with Crippen LogP contribution in [-0.2, 0) is 0 Å².